The Labute approximate surface area is 128 Å². The summed E-state index contributed by atoms with van der Waals surface area (Å²) in [5.74, 6) is -0.184. The SMILES string of the molecule is CNC(=O)[C@H]1CN(C(=O)CCOc2cccc(F)c2)CCN1. The maximum atomic E-state index is 13.0. The van der Waals surface area contributed by atoms with Gasteiger partial charge in [-0.2, -0.15) is 0 Å². The largest absolute Gasteiger partial charge is 0.493 e. The van der Waals surface area contributed by atoms with Gasteiger partial charge in [0.2, 0.25) is 11.8 Å². The first kappa shape index (κ1) is 16.2. The lowest BCUT2D eigenvalue weighted by molar-refractivity contribution is -0.134. The summed E-state index contributed by atoms with van der Waals surface area (Å²) in [6.07, 6.45) is 0.191. The number of hydrogen-bond donors (Lipinski definition) is 2. The average molecular weight is 309 g/mol. The normalized spacial score (nSPS) is 17.9. The van der Waals surface area contributed by atoms with Crippen molar-refractivity contribution < 1.29 is 18.7 Å². The molecule has 0 unspecified atom stereocenters. The van der Waals surface area contributed by atoms with Gasteiger partial charge in [0, 0.05) is 32.7 Å². The Kier molecular flexibility index (Phi) is 5.71. The molecule has 0 aliphatic carbocycles. The van der Waals surface area contributed by atoms with Crippen molar-refractivity contribution in [2.24, 2.45) is 0 Å². The Hall–Kier alpha value is -2.15. The van der Waals surface area contributed by atoms with E-state index < -0.39 is 0 Å². The van der Waals surface area contributed by atoms with E-state index in [9.17, 15) is 14.0 Å². The fraction of sp³-hybridized carbons (Fsp3) is 0.467. The molecular weight excluding hydrogens is 289 g/mol. The van der Waals surface area contributed by atoms with Gasteiger partial charge in [-0.25, -0.2) is 4.39 Å². The molecule has 2 N–H and O–H groups in total. The van der Waals surface area contributed by atoms with Crippen molar-refractivity contribution in [3.05, 3.63) is 30.1 Å². The van der Waals surface area contributed by atoms with Crippen LogP contribution in [0.1, 0.15) is 6.42 Å². The van der Waals surface area contributed by atoms with Gasteiger partial charge in [0.1, 0.15) is 17.6 Å². The molecule has 2 amide bonds. The lowest BCUT2D eigenvalue weighted by atomic mass is 10.2. The number of hydrogen-bond acceptors (Lipinski definition) is 4. The molecule has 7 heteroatoms. The number of likely N-dealkylation sites (N-methyl/N-ethyl adjacent to an activating group) is 1. The maximum Gasteiger partial charge on any atom is 0.238 e. The zero-order valence-corrected chi connectivity index (χ0v) is 12.5. The van der Waals surface area contributed by atoms with Crippen LogP contribution in [0.4, 0.5) is 4.39 Å². The molecule has 1 aromatic carbocycles. The van der Waals surface area contributed by atoms with Gasteiger partial charge < -0.3 is 20.3 Å². The van der Waals surface area contributed by atoms with Crippen molar-refractivity contribution in [2.45, 2.75) is 12.5 Å². The Morgan fingerprint density at radius 3 is 3.05 bits per heavy atom. The second kappa shape index (κ2) is 7.74. The first-order valence-corrected chi connectivity index (χ1v) is 7.21. The number of ether oxygens (including phenoxy) is 1. The third-order valence-corrected chi connectivity index (χ3v) is 3.47. The van der Waals surface area contributed by atoms with Crippen LogP contribution in [-0.4, -0.2) is 56.0 Å². The third kappa shape index (κ3) is 4.42. The van der Waals surface area contributed by atoms with Crippen molar-refractivity contribution in [2.75, 3.05) is 33.3 Å². The molecule has 6 nitrogen and oxygen atoms in total. The first-order chi connectivity index (χ1) is 10.6. The second-order valence-corrected chi connectivity index (χ2v) is 5.02. The Morgan fingerprint density at radius 2 is 2.32 bits per heavy atom. The number of amides is 2. The summed E-state index contributed by atoms with van der Waals surface area (Å²) < 4.78 is 18.4. The van der Waals surface area contributed by atoms with E-state index in [-0.39, 0.29) is 36.7 Å². The Balaban J connectivity index is 1.78. The van der Waals surface area contributed by atoms with Gasteiger partial charge in [-0.3, -0.25) is 9.59 Å². The summed E-state index contributed by atoms with van der Waals surface area (Å²) in [7, 11) is 1.57. The van der Waals surface area contributed by atoms with Crippen LogP contribution in [-0.2, 0) is 9.59 Å². The van der Waals surface area contributed by atoms with Crippen molar-refractivity contribution in [3.63, 3.8) is 0 Å². The van der Waals surface area contributed by atoms with Crippen molar-refractivity contribution in [3.8, 4) is 5.75 Å². The van der Waals surface area contributed by atoms with Crippen LogP contribution in [0, 0.1) is 5.82 Å². The maximum absolute atomic E-state index is 13.0. The van der Waals surface area contributed by atoms with E-state index in [1.54, 1.807) is 24.1 Å². The van der Waals surface area contributed by atoms with Gasteiger partial charge in [-0.05, 0) is 12.1 Å². The highest BCUT2D eigenvalue weighted by atomic mass is 19.1. The van der Waals surface area contributed by atoms with E-state index >= 15 is 0 Å². The summed E-state index contributed by atoms with van der Waals surface area (Å²) in [5, 5.41) is 5.63. The fourth-order valence-electron chi connectivity index (χ4n) is 2.30. The molecule has 0 radical (unpaired) electrons. The number of piperazine rings is 1. The summed E-state index contributed by atoms with van der Waals surface area (Å²) in [6, 6.07) is 5.41. The van der Waals surface area contributed by atoms with E-state index in [1.807, 2.05) is 0 Å². The van der Waals surface area contributed by atoms with Crippen LogP contribution in [0.25, 0.3) is 0 Å². The van der Waals surface area contributed by atoms with Crippen LogP contribution in [0.5, 0.6) is 5.75 Å². The molecule has 22 heavy (non-hydrogen) atoms. The van der Waals surface area contributed by atoms with E-state index in [4.69, 9.17) is 4.74 Å². The number of rotatable bonds is 5. The average Bonchev–Trinajstić information content (AvgIpc) is 2.54. The molecule has 0 saturated carbocycles. The molecule has 1 saturated heterocycles. The summed E-state index contributed by atoms with van der Waals surface area (Å²) in [5.41, 5.74) is 0. The standard InChI is InChI=1S/C15H20FN3O3/c1-17-15(21)13-10-19(7-6-18-13)14(20)5-8-22-12-4-2-3-11(16)9-12/h2-4,9,13,18H,5-8,10H2,1H3,(H,17,21)/t13-/m1/s1. The second-order valence-electron chi connectivity index (χ2n) is 5.02. The molecule has 1 aliphatic heterocycles. The van der Waals surface area contributed by atoms with Crippen molar-refractivity contribution in [1.82, 2.24) is 15.5 Å². The van der Waals surface area contributed by atoms with Crippen LogP contribution in [0.15, 0.2) is 24.3 Å². The molecule has 1 heterocycles. The van der Waals surface area contributed by atoms with Gasteiger partial charge in [0.15, 0.2) is 0 Å². The lowest BCUT2D eigenvalue weighted by Gasteiger charge is -2.32. The lowest BCUT2D eigenvalue weighted by Crippen LogP contribution is -2.58. The van der Waals surface area contributed by atoms with Crippen molar-refractivity contribution >= 4 is 11.8 Å². The minimum absolute atomic E-state index is 0.0770. The van der Waals surface area contributed by atoms with Gasteiger partial charge in [-0.15, -0.1) is 0 Å². The van der Waals surface area contributed by atoms with Crippen LogP contribution >= 0.6 is 0 Å². The van der Waals surface area contributed by atoms with Crippen LogP contribution in [0.3, 0.4) is 0 Å². The molecule has 0 bridgehead atoms. The Morgan fingerprint density at radius 1 is 1.50 bits per heavy atom. The molecule has 1 aliphatic rings. The molecule has 0 spiro atoms. The van der Waals surface area contributed by atoms with Crippen molar-refractivity contribution in [1.29, 1.82) is 0 Å². The zero-order valence-electron chi connectivity index (χ0n) is 12.5. The topological polar surface area (TPSA) is 70.7 Å². The number of benzene rings is 1. The van der Waals surface area contributed by atoms with Gasteiger partial charge >= 0.3 is 0 Å². The highest BCUT2D eigenvalue weighted by Gasteiger charge is 2.27. The third-order valence-electron chi connectivity index (χ3n) is 3.47. The molecule has 120 valence electrons. The minimum Gasteiger partial charge on any atom is -0.493 e. The zero-order chi connectivity index (χ0) is 15.9. The Bertz CT molecular complexity index is 539. The molecule has 1 atom stereocenters. The predicted molar refractivity (Wildman–Crippen MR) is 78.9 cm³/mol. The highest BCUT2D eigenvalue weighted by molar-refractivity contribution is 5.83. The number of nitrogens with zero attached hydrogens (tertiary/aromatic N) is 1. The highest BCUT2D eigenvalue weighted by Crippen LogP contribution is 2.12. The first-order valence-electron chi connectivity index (χ1n) is 7.21. The summed E-state index contributed by atoms with van der Waals surface area (Å²) in [6.45, 7) is 1.66. The van der Waals surface area contributed by atoms with Crippen LogP contribution in [0.2, 0.25) is 0 Å². The number of carbonyl (C=O) groups is 2. The molecule has 0 aromatic heterocycles. The van der Waals surface area contributed by atoms with E-state index in [1.165, 1.54) is 12.1 Å². The van der Waals surface area contributed by atoms with Gasteiger partial charge in [0.05, 0.1) is 13.0 Å². The van der Waals surface area contributed by atoms with Gasteiger partial charge in [0.25, 0.3) is 0 Å². The summed E-state index contributed by atoms with van der Waals surface area (Å²) >= 11 is 0. The summed E-state index contributed by atoms with van der Waals surface area (Å²) in [4.78, 5) is 25.4. The molecule has 2 rings (SSSR count). The fourth-order valence-corrected chi connectivity index (χ4v) is 2.30. The monoisotopic (exact) mass is 309 g/mol. The molecule has 1 aromatic rings. The van der Waals surface area contributed by atoms with E-state index in [2.05, 4.69) is 10.6 Å². The number of nitrogens with one attached hydrogen (secondary N) is 2. The van der Waals surface area contributed by atoms with E-state index in [0.29, 0.717) is 25.4 Å². The molecule has 1 fully saturated rings. The number of halogens is 1. The van der Waals surface area contributed by atoms with Crippen LogP contribution < -0.4 is 15.4 Å². The molecular formula is C15H20FN3O3. The quantitative estimate of drug-likeness (QED) is 0.812. The minimum atomic E-state index is -0.383. The smallest absolute Gasteiger partial charge is 0.238 e. The predicted octanol–water partition coefficient (Wildman–Crippen LogP) is 0.141. The van der Waals surface area contributed by atoms with Gasteiger partial charge in [-0.1, -0.05) is 6.07 Å². The number of carbonyl (C=O) groups excluding carboxylic acids is 2. The van der Waals surface area contributed by atoms with E-state index in [0.717, 1.165) is 0 Å².